The molecule has 0 atom stereocenters. The molecule has 0 radical (unpaired) electrons. The normalized spacial score (nSPS) is 11.2. The maximum absolute atomic E-state index is 8.76. The highest BCUT2D eigenvalue weighted by Gasteiger charge is 2.16. The predicted molar refractivity (Wildman–Crippen MR) is 48.4 cm³/mol. The zero-order valence-electron chi connectivity index (χ0n) is 7.86. The van der Waals surface area contributed by atoms with Crippen molar-refractivity contribution < 1.29 is 0 Å². The topological polar surface area (TPSA) is 80.5 Å². The Balaban J connectivity index is 2.49. The molecule has 1 aromatic heterocycles. The molecule has 70 valence electrons. The van der Waals surface area contributed by atoms with E-state index < -0.39 is 0 Å². The molecule has 0 saturated carbocycles. The molecule has 5 nitrogen and oxygen atoms in total. The monoisotopic (exact) mass is 179 g/mol. The number of nitrogens with two attached hydrogens (primary N) is 1. The van der Waals surface area contributed by atoms with Gasteiger partial charge in [0.15, 0.2) is 5.82 Å². The van der Waals surface area contributed by atoms with Crippen LogP contribution in [-0.2, 0) is 6.54 Å². The summed E-state index contributed by atoms with van der Waals surface area (Å²) in [6, 6.07) is 2.23. The number of nitriles is 1. The second kappa shape index (κ2) is 3.44. The summed E-state index contributed by atoms with van der Waals surface area (Å²) < 4.78 is 1.65. The fraction of sp³-hybridized carbons (Fsp3) is 0.625. The molecule has 0 aromatic carbocycles. The number of anilines is 1. The van der Waals surface area contributed by atoms with Gasteiger partial charge in [-0.3, -0.25) is 4.68 Å². The maximum atomic E-state index is 8.76. The summed E-state index contributed by atoms with van der Waals surface area (Å²) in [6.45, 7) is 4.46. The number of aryl methyl sites for hydroxylation is 1. The second-order valence-electron chi connectivity index (χ2n) is 3.65. The van der Waals surface area contributed by atoms with Gasteiger partial charge in [0.2, 0.25) is 0 Å². The van der Waals surface area contributed by atoms with Gasteiger partial charge in [-0.25, -0.2) is 0 Å². The fourth-order valence-electron chi connectivity index (χ4n) is 0.873. The van der Waals surface area contributed by atoms with Gasteiger partial charge in [-0.05, 0) is 20.3 Å². The summed E-state index contributed by atoms with van der Waals surface area (Å²) in [5.74, 6) is 0.412. The molecule has 1 heterocycles. The second-order valence-corrected chi connectivity index (χ2v) is 3.65. The number of nitrogens with zero attached hydrogens (tertiary/aromatic N) is 4. The fourth-order valence-corrected chi connectivity index (χ4v) is 0.873. The molecule has 1 aromatic rings. The summed E-state index contributed by atoms with van der Waals surface area (Å²) >= 11 is 0. The van der Waals surface area contributed by atoms with Crippen LogP contribution >= 0.6 is 0 Å². The molecule has 0 bridgehead atoms. The average molecular weight is 179 g/mol. The third kappa shape index (κ3) is 2.75. The molecule has 0 fully saturated rings. The molecule has 0 aliphatic carbocycles. The van der Waals surface area contributed by atoms with Crippen LogP contribution in [0.2, 0.25) is 0 Å². The Kier molecular flexibility index (Phi) is 2.52. The Labute approximate surface area is 77.1 Å². The van der Waals surface area contributed by atoms with Crippen LogP contribution in [0.4, 0.5) is 5.82 Å². The Morgan fingerprint density at radius 2 is 2.38 bits per heavy atom. The third-order valence-electron chi connectivity index (χ3n) is 1.82. The van der Waals surface area contributed by atoms with E-state index in [1.165, 1.54) is 0 Å². The molecule has 0 aliphatic heterocycles. The Hall–Kier alpha value is -1.57. The first-order valence-electron chi connectivity index (χ1n) is 4.10. The van der Waals surface area contributed by atoms with E-state index in [1.807, 2.05) is 13.8 Å². The molecule has 1 rings (SSSR count). The average Bonchev–Trinajstić information content (AvgIpc) is 2.48. The van der Waals surface area contributed by atoms with Gasteiger partial charge in [-0.1, -0.05) is 5.21 Å². The smallest absolute Gasteiger partial charge is 0.165 e. The highest BCUT2D eigenvalue weighted by Crippen LogP contribution is 2.19. The lowest BCUT2D eigenvalue weighted by Crippen LogP contribution is -2.12. The first kappa shape index (κ1) is 9.52. The van der Waals surface area contributed by atoms with Crippen molar-refractivity contribution in [2.24, 2.45) is 5.41 Å². The lowest BCUT2D eigenvalue weighted by atomic mass is 9.92. The third-order valence-corrected chi connectivity index (χ3v) is 1.82. The minimum atomic E-state index is -0.319. The van der Waals surface area contributed by atoms with Gasteiger partial charge in [0.05, 0.1) is 17.7 Å². The summed E-state index contributed by atoms with van der Waals surface area (Å²) in [6.07, 6.45) is 2.40. The van der Waals surface area contributed by atoms with Gasteiger partial charge in [0.25, 0.3) is 0 Å². The van der Waals surface area contributed by atoms with Gasteiger partial charge < -0.3 is 5.73 Å². The number of rotatable bonds is 3. The van der Waals surface area contributed by atoms with Gasteiger partial charge >= 0.3 is 0 Å². The van der Waals surface area contributed by atoms with Crippen molar-refractivity contribution in [2.75, 3.05) is 5.73 Å². The predicted octanol–water partition coefficient (Wildman–Crippen LogP) is 0.800. The van der Waals surface area contributed by atoms with Crippen LogP contribution in [0.15, 0.2) is 6.20 Å². The van der Waals surface area contributed by atoms with Crippen molar-refractivity contribution >= 4 is 5.82 Å². The number of hydrogen-bond acceptors (Lipinski definition) is 4. The van der Waals surface area contributed by atoms with E-state index in [2.05, 4.69) is 16.4 Å². The van der Waals surface area contributed by atoms with E-state index in [4.69, 9.17) is 11.0 Å². The van der Waals surface area contributed by atoms with Crippen LogP contribution < -0.4 is 5.73 Å². The SMILES string of the molecule is CC(C)(C#N)CCn1cc(N)nn1. The lowest BCUT2D eigenvalue weighted by molar-refractivity contribution is 0.395. The van der Waals surface area contributed by atoms with Crippen LogP contribution in [-0.4, -0.2) is 15.0 Å². The van der Waals surface area contributed by atoms with Crippen molar-refractivity contribution in [3.05, 3.63) is 6.20 Å². The number of hydrogen-bond donors (Lipinski definition) is 1. The van der Waals surface area contributed by atoms with Gasteiger partial charge in [-0.2, -0.15) is 5.26 Å². The molecular weight excluding hydrogens is 166 g/mol. The maximum Gasteiger partial charge on any atom is 0.165 e. The zero-order chi connectivity index (χ0) is 9.90. The van der Waals surface area contributed by atoms with E-state index in [0.29, 0.717) is 12.4 Å². The van der Waals surface area contributed by atoms with E-state index >= 15 is 0 Å². The molecule has 0 unspecified atom stereocenters. The van der Waals surface area contributed by atoms with Gasteiger partial charge in [-0.15, -0.1) is 5.10 Å². The Morgan fingerprint density at radius 3 is 2.85 bits per heavy atom. The van der Waals surface area contributed by atoms with E-state index in [0.717, 1.165) is 6.42 Å². The van der Waals surface area contributed by atoms with Crippen LogP contribution in [0.25, 0.3) is 0 Å². The van der Waals surface area contributed by atoms with Crippen molar-refractivity contribution in [3.8, 4) is 6.07 Å². The van der Waals surface area contributed by atoms with Gasteiger partial charge in [0, 0.05) is 6.54 Å². The Bertz CT molecular complexity index is 320. The molecule has 0 saturated heterocycles. The number of nitrogen functional groups attached to an aromatic ring is 1. The molecule has 0 amide bonds. The summed E-state index contributed by atoms with van der Waals surface area (Å²) in [4.78, 5) is 0. The Morgan fingerprint density at radius 1 is 1.69 bits per heavy atom. The number of aromatic nitrogens is 3. The van der Waals surface area contributed by atoms with Crippen LogP contribution in [0, 0.1) is 16.7 Å². The first-order valence-corrected chi connectivity index (χ1v) is 4.10. The van der Waals surface area contributed by atoms with E-state index in [9.17, 15) is 0 Å². The highest BCUT2D eigenvalue weighted by atomic mass is 15.4. The van der Waals surface area contributed by atoms with Gasteiger partial charge in [0.1, 0.15) is 0 Å². The summed E-state index contributed by atoms with van der Waals surface area (Å²) in [7, 11) is 0. The largest absolute Gasteiger partial charge is 0.381 e. The molecule has 2 N–H and O–H groups in total. The quantitative estimate of drug-likeness (QED) is 0.744. The highest BCUT2D eigenvalue weighted by molar-refractivity contribution is 5.19. The molecule has 0 spiro atoms. The lowest BCUT2D eigenvalue weighted by Gasteiger charge is -2.13. The van der Waals surface area contributed by atoms with Crippen LogP contribution in [0.3, 0.4) is 0 Å². The molecule has 0 aliphatic rings. The van der Waals surface area contributed by atoms with Crippen LogP contribution in [0.1, 0.15) is 20.3 Å². The molecular formula is C8H13N5. The zero-order valence-corrected chi connectivity index (χ0v) is 7.86. The van der Waals surface area contributed by atoms with Crippen molar-refractivity contribution in [1.82, 2.24) is 15.0 Å². The minimum absolute atomic E-state index is 0.319. The van der Waals surface area contributed by atoms with Crippen molar-refractivity contribution in [1.29, 1.82) is 5.26 Å². The van der Waals surface area contributed by atoms with Crippen molar-refractivity contribution in [3.63, 3.8) is 0 Å². The standard InChI is InChI=1S/C8H13N5/c1-8(2,6-9)3-4-13-5-7(10)11-12-13/h5H,3-4,10H2,1-2H3. The van der Waals surface area contributed by atoms with E-state index in [-0.39, 0.29) is 5.41 Å². The molecule has 13 heavy (non-hydrogen) atoms. The first-order chi connectivity index (χ1) is 6.03. The van der Waals surface area contributed by atoms with E-state index in [1.54, 1.807) is 10.9 Å². The summed E-state index contributed by atoms with van der Waals surface area (Å²) in [5, 5.41) is 16.2. The van der Waals surface area contributed by atoms with Crippen LogP contribution in [0.5, 0.6) is 0 Å². The van der Waals surface area contributed by atoms with Crippen molar-refractivity contribution in [2.45, 2.75) is 26.8 Å². The summed E-state index contributed by atoms with van der Waals surface area (Å²) in [5.41, 5.74) is 5.07. The molecule has 5 heteroatoms. The minimum Gasteiger partial charge on any atom is -0.381 e.